The molecule has 0 aliphatic rings. The smallest absolute Gasteiger partial charge is 0.161 e. The van der Waals surface area contributed by atoms with Gasteiger partial charge >= 0.3 is 0 Å². The van der Waals surface area contributed by atoms with Crippen LogP contribution < -0.4 is 15.2 Å². The number of hydrogen-bond acceptors (Lipinski definition) is 3. The zero-order valence-corrected chi connectivity index (χ0v) is 12.5. The maximum atomic E-state index is 13.2. The molecule has 5 heteroatoms. The summed E-state index contributed by atoms with van der Waals surface area (Å²) in [6.45, 7) is 0.742. The molecule has 0 amide bonds. The van der Waals surface area contributed by atoms with Gasteiger partial charge in [0.15, 0.2) is 11.5 Å². The van der Waals surface area contributed by atoms with Crippen molar-refractivity contribution in [2.75, 3.05) is 13.7 Å². The second-order valence-corrected chi connectivity index (χ2v) is 4.96. The summed E-state index contributed by atoms with van der Waals surface area (Å²) < 4.78 is 24.2. The predicted octanol–water partition coefficient (Wildman–Crippen LogP) is 3.57. The van der Waals surface area contributed by atoms with Crippen LogP contribution in [0.4, 0.5) is 4.39 Å². The average Bonchev–Trinajstić information content (AvgIpc) is 2.49. The van der Waals surface area contributed by atoms with Gasteiger partial charge < -0.3 is 15.2 Å². The highest BCUT2D eigenvalue weighted by Crippen LogP contribution is 2.29. The van der Waals surface area contributed by atoms with Crippen LogP contribution in [0.15, 0.2) is 36.4 Å². The molecule has 0 radical (unpaired) electrons. The van der Waals surface area contributed by atoms with Gasteiger partial charge in [-0.05, 0) is 48.9 Å². The first-order valence-corrected chi connectivity index (χ1v) is 6.95. The van der Waals surface area contributed by atoms with Crippen molar-refractivity contribution in [3.8, 4) is 11.5 Å². The molecule has 0 aromatic heterocycles. The summed E-state index contributed by atoms with van der Waals surface area (Å²) in [6, 6.07) is 9.81. The van der Waals surface area contributed by atoms with Gasteiger partial charge in [0.25, 0.3) is 0 Å². The third-order valence-electron chi connectivity index (χ3n) is 3.05. The molecule has 112 valence electrons. The highest BCUT2D eigenvalue weighted by Gasteiger charge is 2.08. The molecule has 3 nitrogen and oxygen atoms in total. The van der Waals surface area contributed by atoms with E-state index in [-0.39, 0.29) is 12.4 Å². The van der Waals surface area contributed by atoms with Gasteiger partial charge in [-0.2, -0.15) is 0 Å². The van der Waals surface area contributed by atoms with E-state index in [0.29, 0.717) is 28.6 Å². The lowest BCUT2D eigenvalue weighted by Crippen LogP contribution is -2.04. The normalized spacial score (nSPS) is 10.5. The second kappa shape index (κ2) is 7.29. The summed E-state index contributed by atoms with van der Waals surface area (Å²) >= 11 is 6.01. The minimum Gasteiger partial charge on any atom is -0.493 e. The summed E-state index contributed by atoms with van der Waals surface area (Å²) in [6.07, 6.45) is 0.770. The number of halogens is 2. The minimum atomic E-state index is -0.344. The zero-order chi connectivity index (χ0) is 15.2. The van der Waals surface area contributed by atoms with Crippen molar-refractivity contribution >= 4 is 11.6 Å². The van der Waals surface area contributed by atoms with Crippen molar-refractivity contribution in [1.82, 2.24) is 0 Å². The van der Waals surface area contributed by atoms with E-state index in [1.807, 2.05) is 18.2 Å². The van der Waals surface area contributed by atoms with E-state index in [4.69, 9.17) is 26.8 Å². The van der Waals surface area contributed by atoms with Crippen LogP contribution in [-0.4, -0.2) is 13.7 Å². The molecule has 0 saturated heterocycles. The lowest BCUT2D eigenvalue weighted by molar-refractivity contribution is 0.284. The quantitative estimate of drug-likeness (QED) is 0.887. The number of methoxy groups -OCH3 is 1. The molecule has 0 saturated carbocycles. The Hall–Kier alpha value is -1.78. The Morgan fingerprint density at radius 1 is 1.14 bits per heavy atom. The lowest BCUT2D eigenvalue weighted by Gasteiger charge is -2.13. The molecule has 0 heterocycles. The van der Waals surface area contributed by atoms with Crippen LogP contribution in [0, 0.1) is 5.82 Å². The van der Waals surface area contributed by atoms with Crippen LogP contribution in [0.3, 0.4) is 0 Å². The molecule has 2 N–H and O–H groups in total. The molecule has 2 aromatic rings. The maximum Gasteiger partial charge on any atom is 0.161 e. The molecule has 2 rings (SSSR count). The van der Waals surface area contributed by atoms with Crippen molar-refractivity contribution in [3.63, 3.8) is 0 Å². The van der Waals surface area contributed by atoms with Gasteiger partial charge in [0.1, 0.15) is 12.4 Å². The average molecular weight is 310 g/mol. The highest BCUT2D eigenvalue weighted by atomic mass is 35.5. The minimum absolute atomic E-state index is 0.170. The summed E-state index contributed by atoms with van der Waals surface area (Å²) in [4.78, 5) is 0. The summed E-state index contributed by atoms with van der Waals surface area (Å²) in [7, 11) is 1.57. The Balaban J connectivity index is 2.14. The van der Waals surface area contributed by atoms with E-state index in [1.54, 1.807) is 7.11 Å². The molecule has 21 heavy (non-hydrogen) atoms. The second-order valence-electron chi connectivity index (χ2n) is 4.55. The van der Waals surface area contributed by atoms with E-state index in [0.717, 1.165) is 12.0 Å². The fourth-order valence-electron chi connectivity index (χ4n) is 1.96. The molecule has 0 aliphatic carbocycles. The first kappa shape index (κ1) is 15.6. The van der Waals surface area contributed by atoms with Gasteiger partial charge in [-0.15, -0.1) is 0 Å². The van der Waals surface area contributed by atoms with Gasteiger partial charge in [-0.25, -0.2) is 4.39 Å². The van der Waals surface area contributed by atoms with E-state index < -0.39 is 0 Å². The Morgan fingerprint density at radius 2 is 1.95 bits per heavy atom. The monoisotopic (exact) mass is 309 g/mol. The standard InChI is InChI=1S/C16H17ClFNO2/c1-20-16-8-11(6-7-19)2-5-15(16)21-10-12-9-13(18)3-4-14(12)17/h2-5,8-9H,6-7,10,19H2,1H3. The number of ether oxygens (including phenoxy) is 2. The third-order valence-corrected chi connectivity index (χ3v) is 3.42. The van der Waals surface area contributed by atoms with E-state index in [9.17, 15) is 4.39 Å². The van der Waals surface area contributed by atoms with E-state index in [1.165, 1.54) is 18.2 Å². The molecular formula is C16H17ClFNO2. The van der Waals surface area contributed by atoms with Crippen LogP contribution in [-0.2, 0) is 13.0 Å². The number of benzene rings is 2. The zero-order valence-electron chi connectivity index (χ0n) is 11.7. The Morgan fingerprint density at radius 3 is 2.67 bits per heavy atom. The molecule has 0 aliphatic heterocycles. The van der Waals surface area contributed by atoms with E-state index in [2.05, 4.69) is 0 Å². The molecule has 0 atom stereocenters. The lowest BCUT2D eigenvalue weighted by atomic mass is 10.1. The summed E-state index contributed by atoms with van der Waals surface area (Å²) in [5.41, 5.74) is 7.20. The predicted molar refractivity (Wildman–Crippen MR) is 81.5 cm³/mol. The van der Waals surface area contributed by atoms with Gasteiger partial charge in [-0.1, -0.05) is 17.7 Å². The Bertz CT molecular complexity index is 619. The largest absolute Gasteiger partial charge is 0.493 e. The first-order chi connectivity index (χ1) is 10.1. The van der Waals surface area contributed by atoms with Crippen molar-refractivity contribution in [1.29, 1.82) is 0 Å². The molecule has 2 aromatic carbocycles. The van der Waals surface area contributed by atoms with Crippen molar-refractivity contribution in [3.05, 3.63) is 58.4 Å². The molecular weight excluding hydrogens is 293 g/mol. The Labute approximate surface area is 128 Å². The number of hydrogen-bond donors (Lipinski definition) is 1. The SMILES string of the molecule is COc1cc(CCN)ccc1OCc1cc(F)ccc1Cl. The number of nitrogens with two attached hydrogens (primary N) is 1. The van der Waals surface area contributed by atoms with Crippen molar-refractivity contribution < 1.29 is 13.9 Å². The fraction of sp³-hybridized carbons (Fsp3) is 0.250. The van der Waals surface area contributed by atoms with Crippen LogP contribution in [0.1, 0.15) is 11.1 Å². The van der Waals surface area contributed by atoms with E-state index >= 15 is 0 Å². The summed E-state index contributed by atoms with van der Waals surface area (Å²) in [5, 5.41) is 0.468. The molecule has 0 unspecified atom stereocenters. The van der Waals surface area contributed by atoms with Gasteiger partial charge in [0, 0.05) is 10.6 Å². The summed E-state index contributed by atoms with van der Waals surface area (Å²) in [5.74, 6) is 0.857. The molecule has 0 spiro atoms. The molecule has 0 bridgehead atoms. The fourth-order valence-corrected chi connectivity index (χ4v) is 2.13. The maximum absolute atomic E-state index is 13.2. The van der Waals surface area contributed by atoms with Gasteiger partial charge in [0.2, 0.25) is 0 Å². The van der Waals surface area contributed by atoms with Crippen molar-refractivity contribution in [2.24, 2.45) is 5.73 Å². The topological polar surface area (TPSA) is 44.5 Å². The van der Waals surface area contributed by atoms with Crippen LogP contribution in [0.25, 0.3) is 0 Å². The first-order valence-electron chi connectivity index (χ1n) is 6.57. The third kappa shape index (κ3) is 4.09. The van der Waals surface area contributed by atoms with Crippen molar-refractivity contribution in [2.45, 2.75) is 13.0 Å². The highest BCUT2D eigenvalue weighted by molar-refractivity contribution is 6.31. The van der Waals surface area contributed by atoms with Gasteiger partial charge in [0.05, 0.1) is 7.11 Å². The number of rotatable bonds is 6. The van der Waals surface area contributed by atoms with Crippen LogP contribution >= 0.6 is 11.6 Å². The Kier molecular flexibility index (Phi) is 5.42. The van der Waals surface area contributed by atoms with Crippen LogP contribution in [0.2, 0.25) is 5.02 Å². The van der Waals surface area contributed by atoms with Gasteiger partial charge in [-0.3, -0.25) is 0 Å². The van der Waals surface area contributed by atoms with Crippen LogP contribution in [0.5, 0.6) is 11.5 Å². The molecule has 0 fully saturated rings.